The largest absolute Gasteiger partial charge is 0.486 e. The zero-order valence-corrected chi connectivity index (χ0v) is 15.6. The van der Waals surface area contributed by atoms with E-state index in [1.165, 1.54) is 7.11 Å². The van der Waals surface area contributed by atoms with Crippen molar-refractivity contribution in [3.05, 3.63) is 46.9 Å². The van der Waals surface area contributed by atoms with Gasteiger partial charge < -0.3 is 19.6 Å². The summed E-state index contributed by atoms with van der Waals surface area (Å²) in [7, 11) is 1.30. The molecule has 0 amide bonds. The number of esters is 1. The summed E-state index contributed by atoms with van der Waals surface area (Å²) in [5.74, 6) is 1.19. The van der Waals surface area contributed by atoms with Gasteiger partial charge in [0.2, 0.25) is 5.76 Å². The van der Waals surface area contributed by atoms with E-state index in [0.717, 1.165) is 32.5 Å². The average Bonchev–Trinajstić information content (AvgIpc) is 3.33. The van der Waals surface area contributed by atoms with Crippen molar-refractivity contribution in [1.29, 1.82) is 0 Å². The fraction of sp³-hybridized carbons (Fsp3) is 0.211. The summed E-state index contributed by atoms with van der Waals surface area (Å²) in [5, 5.41) is 2.03. The Bertz CT molecular complexity index is 1150. The Balaban J connectivity index is 1.60. The molecule has 2 N–H and O–H groups in total. The van der Waals surface area contributed by atoms with Gasteiger partial charge in [0.25, 0.3) is 0 Å². The van der Waals surface area contributed by atoms with Crippen LogP contribution in [0.2, 0.25) is 0 Å². The number of furan rings is 1. The minimum Gasteiger partial charge on any atom is -0.486 e. The van der Waals surface area contributed by atoms with Crippen LogP contribution in [0.25, 0.3) is 21.1 Å². The number of benzene rings is 1. The number of carbonyl (C=O) groups excluding carboxylic acids is 1. The highest BCUT2D eigenvalue weighted by molar-refractivity contribution is 7.19. The molecule has 1 aromatic carbocycles. The van der Waals surface area contributed by atoms with Gasteiger partial charge in [-0.3, -0.25) is 0 Å². The lowest BCUT2D eigenvalue weighted by molar-refractivity contribution is 0.0561. The molecule has 0 saturated heterocycles. The number of ether oxygens (including phenoxy) is 2. The monoisotopic (exact) mass is 383 g/mol. The molecule has 4 aromatic rings. The van der Waals surface area contributed by atoms with Crippen molar-refractivity contribution in [3.8, 4) is 5.75 Å². The molecule has 0 unspecified atom stereocenters. The molecular weight excluding hydrogens is 366 g/mol. The predicted octanol–water partition coefficient (Wildman–Crippen LogP) is 3.95. The number of hydrogen-bond donors (Lipinski definition) is 1. The van der Waals surface area contributed by atoms with Crippen LogP contribution in [-0.2, 0) is 17.8 Å². The maximum Gasteiger partial charge on any atom is 0.373 e. The highest BCUT2D eigenvalue weighted by Gasteiger charge is 2.14. The fourth-order valence-corrected chi connectivity index (χ4v) is 3.81. The Labute approximate surface area is 158 Å². The van der Waals surface area contributed by atoms with Gasteiger partial charge in [-0.2, -0.15) is 0 Å². The Morgan fingerprint density at radius 3 is 2.89 bits per heavy atom. The van der Waals surface area contributed by atoms with E-state index >= 15 is 0 Å². The van der Waals surface area contributed by atoms with E-state index in [9.17, 15) is 4.79 Å². The second kappa shape index (κ2) is 6.88. The summed E-state index contributed by atoms with van der Waals surface area (Å²) in [6.07, 6.45) is 0.859. The van der Waals surface area contributed by atoms with E-state index in [2.05, 4.69) is 21.6 Å². The van der Waals surface area contributed by atoms with Gasteiger partial charge in [0, 0.05) is 11.5 Å². The standard InChI is InChI=1S/C19H17N3O4S/c1-3-15-22-16-17(27-15)12-6-4-10(8-13(12)21-18(16)20)25-9-11-5-7-14(26-11)19(23)24-2/h4-8H,3,9H2,1-2H3,(H2,20,21). The summed E-state index contributed by atoms with van der Waals surface area (Å²) in [6, 6.07) is 8.89. The lowest BCUT2D eigenvalue weighted by Gasteiger charge is -2.07. The number of rotatable bonds is 5. The molecule has 0 radical (unpaired) electrons. The zero-order valence-electron chi connectivity index (χ0n) is 14.8. The third-order valence-electron chi connectivity index (χ3n) is 4.10. The van der Waals surface area contributed by atoms with E-state index < -0.39 is 5.97 Å². The molecule has 0 saturated carbocycles. The topological polar surface area (TPSA) is 100 Å². The summed E-state index contributed by atoms with van der Waals surface area (Å²) in [6.45, 7) is 2.25. The molecule has 0 aliphatic heterocycles. The Morgan fingerprint density at radius 1 is 1.26 bits per heavy atom. The van der Waals surface area contributed by atoms with E-state index in [1.807, 2.05) is 18.2 Å². The van der Waals surface area contributed by atoms with E-state index in [0.29, 0.717) is 17.3 Å². The highest BCUT2D eigenvalue weighted by Crippen LogP contribution is 2.34. The molecule has 4 rings (SSSR count). The van der Waals surface area contributed by atoms with E-state index in [-0.39, 0.29) is 12.4 Å². The van der Waals surface area contributed by atoms with Gasteiger partial charge in [-0.25, -0.2) is 14.8 Å². The number of pyridine rings is 1. The van der Waals surface area contributed by atoms with Crippen LogP contribution in [-0.4, -0.2) is 23.0 Å². The van der Waals surface area contributed by atoms with Gasteiger partial charge in [-0.05, 0) is 30.7 Å². The number of methoxy groups -OCH3 is 1. The first-order chi connectivity index (χ1) is 13.1. The number of carbonyl (C=O) groups is 1. The molecule has 0 aliphatic carbocycles. The summed E-state index contributed by atoms with van der Waals surface area (Å²) in [4.78, 5) is 20.4. The van der Waals surface area contributed by atoms with E-state index in [1.54, 1.807) is 23.5 Å². The molecule has 0 aliphatic rings. The minimum absolute atomic E-state index is 0.142. The number of nitrogens with zero attached hydrogens (tertiary/aromatic N) is 2. The van der Waals surface area contributed by atoms with Crippen LogP contribution in [0.15, 0.2) is 34.7 Å². The minimum atomic E-state index is -0.522. The number of nitrogen functional groups attached to an aromatic ring is 1. The molecule has 3 aromatic heterocycles. The van der Waals surface area contributed by atoms with Gasteiger partial charge in [0.05, 0.1) is 22.3 Å². The maximum absolute atomic E-state index is 11.4. The maximum atomic E-state index is 11.4. The molecular formula is C19H17N3O4S. The zero-order chi connectivity index (χ0) is 19.0. The van der Waals surface area contributed by atoms with Crippen molar-refractivity contribution >= 4 is 44.2 Å². The van der Waals surface area contributed by atoms with Crippen LogP contribution in [0, 0.1) is 0 Å². The summed E-state index contributed by atoms with van der Waals surface area (Å²) >= 11 is 1.63. The van der Waals surface area contributed by atoms with Crippen LogP contribution < -0.4 is 10.5 Å². The molecule has 3 heterocycles. The number of anilines is 1. The predicted molar refractivity (Wildman–Crippen MR) is 103 cm³/mol. The fourth-order valence-electron chi connectivity index (χ4n) is 2.76. The molecule has 0 spiro atoms. The quantitative estimate of drug-likeness (QED) is 0.521. The lowest BCUT2D eigenvalue weighted by Crippen LogP contribution is -1.99. The van der Waals surface area contributed by atoms with Crippen LogP contribution in [0.4, 0.5) is 5.82 Å². The third-order valence-corrected chi connectivity index (χ3v) is 5.33. The Morgan fingerprint density at radius 2 is 2.11 bits per heavy atom. The first-order valence-corrected chi connectivity index (χ1v) is 9.19. The van der Waals surface area contributed by atoms with Crippen molar-refractivity contribution in [2.45, 2.75) is 20.0 Å². The van der Waals surface area contributed by atoms with Gasteiger partial charge in [0.1, 0.15) is 23.6 Å². The number of hydrogen-bond acceptors (Lipinski definition) is 8. The second-order valence-electron chi connectivity index (χ2n) is 5.86. The van der Waals surface area contributed by atoms with Crippen molar-refractivity contribution in [2.24, 2.45) is 0 Å². The summed E-state index contributed by atoms with van der Waals surface area (Å²) < 4.78 is 16.8. The van der Waals surface area contributed by atoms with Crippen LogP contribution in [0.5, 0.6) is 5.75 Å². The lowest BCUT2D eigenvalue weighted by atomic mass is 10.2. The van der Waals surface area contributed by atoms with Crippen molar-refractivity contribution < 1.29 is 18.7 Å². The van der Waals surface area contributed by atoms with Gasteiger partial charge >= 0.3 is 5.97 Å². The number of aromatic nitrogens is 2. The Hall–Kier alpha value is -3.13. The van der Waals surface area contributed by atoms with Crippen LogP contribution >= 0.6 is 11.3 Å². The van der Waals surface area contributed by atoms with Gasteiger partial charge in [0.15, 0.2) is 5.82 Å². The number of fused-ring (bicyclic) bond motifs is 3. The normalized spacial score (nSPS) is 11.2. The number of thiazole rings is 1. The van der Waals surface area contributed by atoms with Crippen molar-refractivity contribution in [1.82, 2.24) is 9.97 Å². The van der Waals surface area contributed by atoms with Crippen molar-refractivity contribution in [3.63, 3.8) is 0 Å². The first kappa shape index (κ1) is 17.3. The number of aryl methyl sites for hydroxylation is 1. The molecule has 27 heavy (non-hydrogen) atoms. The molecule has 0 atom stereocenters. The van der Waals surface area contributed by atoms with Crippen LogP contribution in [0.1, 0.15) is 28.2 Å². The van der Waals surface area contributed by atoms with Crippen molar-refractivity contribution in [2.75, 3.05) is 12.8 Å². The van der Waals surface area contributed by atoms with Gasteiger partial charge in [-0.15, -0.1) is 11.3 Å². The average molecular weight is 383 g/mol. The SMILES string of the molecule is CCc1nc2c(N)nc3cc(OCc4ccc(C(=O)OC)o4)ccc3c2s1. The third kappa shape index (κ3) is 3.19. The number of nitrogens with two attached hydrogens (primary N) is 1. The van der Waals surface area contributed by atoms with Crippen LogP contribution in [0.3, 0.4) is 0 Å². The Kier molecular flexibility index (Phi) is 4.41. The molecule has 138 valence electrons. The molecule has 7 nitrogen and oxygen atoms in total. The smallest absolute Gasteiger partial charge is 0.373 e. The van der Waals surface area contributed by atoms with E-state index in [4.69, 9.17) is 14.9 Å². The van der Waals surface area contributed by atoms with Gasteiger partial charge in [-0.1, -0.05) is 6.92 Å². The summed E-state index contributed by atoms with van der Waals surface area (Å²) in [5.41, 5.74) is 7.59. The molecule has 8 heteroatoms. The second-order valence-corrected chi connectivity index (χ2v) is 6.94. The highest BCUT2D eigenvalue weighted by atomic mass is 32.1. The molecule has 0 bridgehead atoms. The molecule has 0 fully saturated rings. The first-order valence-electron chi connectivity index (χ1n) is 8.37.